The number of benzene rings is 2. The molecule has 1 aliphatic rings. The first kappa shape index (κ1) is 22.2. The van der Waals surface area contributed by atoms with Crippen molar-refractivity contribution in [1.29, 1.82) is 0 Å². The first-order valence-corrected chi connectivity index (χ1v) is 9.92. The van der Waals surface area contributed by atoms with E-state index < -0.39 is 11.8 Å². The molecular formula is C21H20BrN3O6. The van der Waals surface area contributed by atoms with Gasteiger partial charge in [0.25, 0.3) is 11.8 Å². The van der Waals surface area contributed by atoms with E-state index in [1.54, 1.807) is 36.4 Å². The first-order chi connectivity index (χ1) is 15.0. The minimum atomic E-state index is -0.484. The van der Waals surface area contributed by atoms with Crippen molar-refractivity contribution in [3.8, 4) is 23.0 Å². The minimum Gasteiger partial charge on any atom is -0.493 e. The molecule has 3 rings (SSSR count). The van der Waals surface area contributed by atoms with Gasteiger partial charge in [-0.3, -0.25) is 9.59 Å². The smallest absolute Gasteiger partial charge is 0.259 e. The average molecular weight is 490 g/mol. The van der Waals surface area contributed by atoms with Gasteiger partial charge in [-0.15, -0.1) is 0 Å². The number of hydrogen-bond acceptors (Lipinski definition) is 7. The number of nitrogens with one attached hydrogen (secondary N) is 2. The Hall–Kier alpha value is -3.53. The van der Waals surface area contributed by atoms with E-state index in [0.717, 1.165) is 0 Å². The lowest BCUT2D eigenvalue weighted by Gasteiger charge is -2.12. The largest absolute Gasteiger partial charge is 0.493 e. The predicted octanol–water partition coefficient (Wildman–Crippen LogP) is 2.63. The van der Waals surface area contributed by atoms with Gasteiger partial charge in [0.2, 0.25) is 6.79 Å². The Morgan fingerprint density at radius 2 is 2.06 bits per heavy atom. The number of methoxy groups -OCH3 is 1. The third-order valence-electron chi connectivity index (χ3n) is 4.04. The molecule has 162 valence electrons. The predicted molar refractivity (Wildman–Crippen MR) is 117 cm³/mol. The highest BCUT2D eigenvalue weighted by Crippen LogP contribution is 2.36. The molecule has 2 amide bonds. The molecule has 1 aliphatic heterocycles. The van der Waals surface area contributed by atoms with Crippen molar-refractivity contribution < 1.29 is 28.5 Å². The van der Waals surface area contributed by atoms with E-state index in [0.29, 0.717) is 45.2 Å². The lowest BCUT2D eigenvalue weighted by atomic mass is 10.2. The van der Waals surface area contributed by atoms with E-state index in [2.05, 4.69) is 38.4 Å². The van der Waals surface area contributed by atoms with Crippen LogP contribution in [0.5, 0.6) is 23.0 Å². The monoisotopic (exact) mass is 489 g/mol. The summed E-state index contributed by atoms with van der Waals surface area (Å²) in [5.74, 6) is 1.20. The summed E-state index contributed by atoms with van der Waals surface area (Å²) < 4.78 is 22.0. The molecule has 2 N–H and O–H groups in total. The molecule has 0 aliphatic carbocycles. The van der Waals surface area contributed by atoms with E-state index in [9.17, 15) is 9.59 Å². The third kappa shape index (κ3) is 5.76. The van der Waals surface area contributed by atoms with Crippen molar-refractivity contribution in [2.45, 2.75) is 0 Å². The number of rotatable bonds is 9. The van der Waals surface area contributed by atoms with Gasteiger partial charge in [-0.2, -0.15) is 5.10 Å². The Labute approximate surface area is 187 Å². The van der Waals surface area contributed by atoms with Gasteiger partial charge in [0.1, 0.15) is 6.61 Å². The number of fused-ring (bicyclic) bond motifs is 1. The SMILES string of the molecule is C=CCOc1c(Br)cc(C=NNC(=O)CNC(=O)c2ccc3c(c2)OCO3)cc1OC. The Morgan fingerprint density at radius 1 is 1.26 bits per heavy atom. The second-order valence-electron chi connectivity index (χ2n) is 6.18. The summed E-state index contributed by atoms with van der Waals surface area (Å²) in [6.07, 6.45) is 3.07. The van der Waals surface area contributed by atoms with Gasteiger partial charge in [-0.25, -0.2) is 5.43 Å². The van der Waals surface area contributed by atoms with Crippen LogP contribution in [-0.2, 0) is 4.79 Å². The molecule has 0 radical (unpaired) electrons. The van der Waals surface area contributed by atoms with Crippen LogP contribution >= 0.6 is 15.9 Å². The number of halogens is 1. The summed E-state index contributed by atoms with van der Waals surface area (Å²) in [5, 5.41) is 6.42. The lowest BCUT2D eigenvalue weighted by Crippen LogP contribution is -2.34. The second-order valence-corrected chi connectivity index (χ2v) is 7.03. The van der Waals surface area contributed by atoms with Crippen LogP contribution in [0.1, 0.15) is 15.9 Å². The highest BCUT2D eigenvalue weighted by molar-refractivity contribution is 9.10. The molecule has 9 nitrogen and oxygen atoms in total. The zero-order valence-corrected chi connectivity index (χ0v) is 18.2. The molecule has 0 unspecified atom stereocenters. The Kier molecular flexibility index (Phi) is 7.50. The van der Waals surface area contributed by atoms with Crippen molar-refractivity contribution in [1.82, 2.24) is 10.7 Å². The van der Waals surface area contributed by atoms with Gasteiger partial charge in [-0.05, 0) is 51.8 Å². The van der Waals surface area contributed by atoms with Gasteiger partial charge >= 0.3 is 0 Å². The first-order valence-electron chi connectivity index (χ1n) is 9.12. The van der Waals surface area contributed by atoms with Crippen molar-refractivity contribution in [2.75, 3.05) is 27.1 Å². The van der Waals surface area contributed by atoms with Gasteiger partial charge in [-0.1, -0.05) is 12.7 Å². The molecule has 2 aromatic carbocycles. The van der Waals surface area contributed by atoms with Crippen molar-refractivity contribution >= 4 is 34.0 Å². The summed E-state index contributed by atoms with van der Waals surface area (Å²) in [5.41, 5.74) is 3.38. The van der Waals surface area contributed by atoms with Gasteiger partial charge < -0.3 is 24.3 Å². The molecule has 0 spiro atoms. The number of ether oxygens (including phenoxy) is 4. The second kappa shape index (κ2) is 10.5. The molecule has 10 heteroatoms. The molecule has 1 heterocycles. The summed E-state index contributed by atoms with van der Waals surface area (Å²) in [6.45, 7) is 3.82. The zero-order valence-electron chi connectivity index (χ0n) is 16.6. The fraction of sp³-hybridized carbons (Fsp3) is 0.190. The Bertz CT molecular complexity index is 1020. The van der Waals surface area contributed by atoms with Crippen molar-refractivity contribution in [3.63, 3.8) is 0 Å². The van der Waals surface area contributed by atoms with E-state index in [4.69, 9.17) is 18.9 Å². The summed E-state index contributed by atoms with van der Waals surface area (Å²) in [7, 11) is 1.52. The fourth-order valence-electron chi connectivity index (χ4n) is 2.62. The number of hydrogen-bond donors (Lipinski definition) is 2. The molecule has 2 aromatic rings. The molecule has 0 bridgehead atoms. The van der Waals surface area contributed by atoms with Crippen LogP contribution in [0.25, 0.3) is 0 Å². The minimum absolute atomic E-state index is 0.119. The Balaban J connectivity index is 1.52. The average Bonchev–Trinajstić information content (AvgIpc) is 3.24. The lowest BCUT2D eigenvalue weighted by molar-refractivity contribution is -0.120. The summed E-state index contributed by atoms with van der Waals surface area (Å²) in [4.78, 5) is 24.2. The van der Waals surface area contributed by atoms with E-state index in [1.165, 1.54) is 13.3 Å². The molecule has 0 atom stereocenters. The van der Waals surface area contributed by atoms with Crippen LogP contribution in [0.15, 0.2) is 52.6 Å². The van der Waals surface area contributed by atoms with Gasteiger partial charge in [0.15, 0.2) is 23.0 Å². The Morgan fingerprint density at radius 3 is 2.84 bits per heavy atom. The van der Waals surface area contributed by atoms with E-state index >= 15 is 0 Å². The maximum atomic E-state index is 12.2. The van der Waals surface area contributed by atoms with Crippen LogP contribution in [0.3, 0.4) is 0 Å². The standard InChI is InChI=1S/C21H20BrN3O6/c1-3-6-29-20-15(22)7-13(8-18(20)28-2)10-24-25-19(26)11-23-21(27)14-4-5-16-17(9-14)31-12-30-16/h3-5,7-10H,1,6,11-12H2,2H3,(H,23,27)(H,25,26). The van der Waals surface area contributed by atoms with E-state index in [-0.39, 0.29) is 13.3 Å². The van der Waals surface area contributed by atoms with Crippen LogP contribution in [-0.4, -0.2) is 45.1 Å². The normalized spacial score (nSPS) is 11.8. The number of hydrazone groups is 1. The maximum Gasteiger partial charge on any atom is 0.259 e. The fourth-order valence-corrected chi connectivity index (χ4v) is 3.19. The van der Waals surface area contributed by atoms with Crippen LogP contribution in [0, 0.1) is 0 Å². The van der Waals surface area contributed by atoms with Crippen molar-refractivity contribution in [2.24, 2.45) is 5.10 Å². The summed E-state index contributed by atoms with van der Waals surface area (Å²) in [6, 6.07) is 8.26. The number of carbonyl (C=O) groups is 2. The molecule has 0 fully saturated rings. The molecular weight excluding hydrogens is 470 g/mol. The molecule has 0 saturated carbocycles. The number of amides is 2. The quantitative estimate of drug-likeness (QED) is 0.318. The number of carbonyl (C=O) groups excluding carboxylic acids is 2. The van der Waals surface area contributed by atoms with Gasteiger partial charge in [0.05, 0.1) is 24.3 Å². The molecule has 31 heavy (non-hydrogen) atoms. The highest BCUT2D eigenvalue weighted by Gasteiger charge is 2.16. The summed E-state index contributed by atoms with van der Waals surface area (Å²) >= 11 is 3.42. The topological polar surface area (TPSA) is 107 Å². The zero-order chi connectivity index (χ0) is 22.2. The van der Waals surface area contributed by atoms with Crippen LogP contribution in [0.2, 0.25) is 0 Å². The van der Waals surface area contributed by atoms with E-state index in [1.807, 2.05) is 0 Å². The van der Waals surface area contributed by atoms with Gasteiger partial charge in [0, 0.05) is 5.56 Å². The molecule has 0 aromatic heterocycles. The van der Waals surface area contributed by atoms with Crippen LogP contribution < -0.4 is 29.7 Å². The number of nitrogens with zero attached hydrogens (tertiary/aromatic N) is 1. The maximum absolute atomic E-state index is 12.2. The highest BCUT2D eigenvalue weighted by atomic mass is 79.9. The third-order valence-corrected chi connectivity index (χ3v) is 4.63. The molecule has 0 saturated heterocycles. The van der Waals surface area contributed by atoms with Crippen molar-refractivity contribution in [3.05, 3.63) is 58.6 Å². The van der Waals surface area contributed by atoms with Crippen LogP contribution in [0.4, 0.5) is 0 Å².